The van der Waals surface area contributed by atoms with Crippen molar-refractivity contribution in [1.82, 2.24) is 24.7 Å². The van der Waals surface area contributed by atoms with E-state index >= 15 is 0 Å². The number of nitrogens with one attached hydrogen (secondary N) is 1. The molecule has 0 aromatic carbocycles. The SMILES string of the molecule is CC1(C)CCC(Nc2nc(N)nc(-n3cccn3)n2)CC1. The van der Waals surface area contributed by atoms with E-state index in [4.69, 9.17) is 5.73 Å². The van der Waals surface area contributed by atoms with Crippen LogP contribution in [0.15, 0.2) is 18.5 Å². The van der Waals surface area contributed by atoms with Gasteiger partial charge in [-0.2, -0.15) is 20.1 Å². The van der Waals surface area contributed by atoms with Gasteiger partial charge in [0.25, 0.3) is 5.95 Å². The first-order valence-electron chi connectivity index (χ1n) is 7.30. The Morgan fingerprint density at radius 2 is 2.00 bits per heavy atom. The van der Waals surface area contributed by atoms with Crippen LogP contribution in [-0.4, -0.2) is 30.8 Å². The Balaban J connectivity index is 1.74. The number of nitrogens with two attached hydrogens (primary N) is 1. The Morgan fingerprint density at radius 1 is 1.24 bits per heavy atom. The fourth-order valence-corrected chi connectivity index (χ4v) is 2.66. The van der Waals surface area contributed by atoms with E-state index in [9.17, 15) is 0 Å². The van der Waals surface area contributed by atoms with E-state index in [-0.39, 0.29) is 5.95 Å². The minimum atomic E-state index is 0.203. The maximum absolute atomic E-state index is 5.77. The molecule has 0 unspecified atom stereocenters. The standard InChI is InChI=1S/C14H21N7/c1-14(2)6-4-10(5-7-14)17-12-18-11(15)19-13(20-12)21-9-3-8-16-21/h3,8-10H,4-7H2,1-2H3,(H3,15,17,18,19,20). The molecule has 0 saturated heterocycles. The van der Waals surface area contributed by atoms with Gasteiger partial charge in [0, 0.05) is 18.4 Å². The van der Waals surface area contributed by atoms with Crippen LogP contribution in [0.4, 0.5) is 11.9 Å². The van der Waals surface area contributed by atoms with Gasteiger partial charge in [0.2, 0.25) is 11.9 Å². The minimum Gasteiger partial charge on any atom is -0.368 e. The van der Waals surface area contributed by atoms with Gasteiger partial charge in [-0.1, -0.05) is 13.8 Å². The highest BCUT2D eigenvalue weighted by molar-refractivity contribution is 5.35. The van der Waals surface area contributed by atoms with Crippen molar-refractivity contribution in [3.05, 3.63) is 18.5 Å². The van der Waals surface area contributed by atoms with E-state index < -0.39 is 0 Å². The zero-order chi connectivity index (χ0) is 14.9. The molecule has 0 amide bonds. The first kappa shape index (κ1) is 13.8. The topological polar surface area (TPSA) is 94.5 Å². The summed E-state index contributed by atoms with van der Waals surface area (Å²) < 4.78 is 1.58. The highest BCUT2D eigenvalue weighted by Gasteiger charge is 2.27. The zero-order valence-electron chi connectivity index (χ0n) is 12.5. The van der Waals surface area contributed by atoms with E-state index in [0.717, 1.165) is 12.8 Å². The Morgan fingerprint density at radius 3 is 2.67 bits per heavy atom. The largest absolute Gasteiger partial charge is 0.368 e. The lowest BCUT2D eigenvalue weighted by Crippen LogP contribution is -2.30. The van der Waals surface area contributed by atoms with Crippen LogP contribution in [0.2, 0.25) is 0 Å². The van der Waals surface area contributed by atoms with Gasteiger partial charge in [0.1, 0.15) is 0 Å². The molecule has 3 N–H and O–H groups in total. The number of aromatic nitrogens is 5. The molecule has 0 radical (unpaired) electrons. The lowest BCUT2D eigenvalue weighted by atomic mass is 9.76. The molecule has 0 spiro atoms. The summed E-state index contributed by atoms with van der Waals surface area (Å²) in [6.45, 7) is 4.64. The van der Waals surface area contributed by atoms with Crippen LogP contribution in [0.5, 0.6) is 0 Å². The smallest absolute Gasteiger partial charge is 0.257 e. The first-order valence-corrected chi connectivity index (χ1v) is 7.30. The van der Waals surface area contributed by atoms with E-state index in [0.29, 0.717) is 23.4 Å². The Labute approximate surface area is 124 Å². The fraction of sp³-hybridized carbons (Fsp3) is 0.571. The number of hydrogen-bond acceptors (Lipinski definition) is 6. The van der Waals surface area contributed by atoms with Crippen molar-refractivity contribution in [2.75, 3.05) is 11.1 Å². The van der Waals surface area contributed by atoms with Crippen LogP contribution in [0.25, 0.3) is 5.95 Å². The van der Waals surface area contributed by atoms with Crippen molar-refractivity contribution in [3.8, 4) is 5.95 Å². The molecule has 112 valence electrons. The van der Waals surface area contributed by atoms with Crippen molar-refractivity contribution in [1.29, 1.82) is 0 Å². The van der Waals surface area contributed by atoms with Gasteiger partial charge < -0.3 is 11.1 Å². The average Bonchev–Trinajstić information content (AvgIpc) is 2.95. The summed E-state index contributed by atoms with van der Waals surface area (Å²) in [5, 5.41) is 7.49. The minimum absolute atomic E-state index is 0.203. The van der Waals surface area contributed by atoms with Crippen LogP contribution < -0.4 is 11.1 Å². The lowest BCUT2D eigenvalue weighted by Gasteiger charge is -2.34. The quantitative estimate of drug-likeness (QED) is 0.896. The van der Waals surface area contributed by atoms with Crippen LogP contribution >= 0.6 is 0 Å². The van der Waals surface area contributed by atoms with Gasteiger partial charge in [-0.3, -0.25) is 0 Å². The molecule has 21 heavy (non-hydrogen) atoms. The molecule has 2 aromatic rings. The molecule has 7 heteroatoms. The van der Waals surface area contributed by atoms with Gasteiger partial charge in [0.15, 0.2) is 0 Å². The summed E-state index contributed by atoms with van der Waals surface area (Å²) in [6.07, 6.45) is 8.11. The molecule has 7 nitrogen and oxygen atoms in total. The van der Waals surface area contributed by atoms with Crippen molar-refractivity contribution < 1.29 is 0 Å². The number of nitrogen functional groups attached to an aromatic ring is 1. The van der Waals surface area contributed by atoms with E-state index in [1.165, 1.54) is 12.8 Å². The lowest BCUT2D eigenvalue weighted by molar-refractivity contribution is 0.232. The van der Waals surface area contributed by atoms with Crippen molar-refractivity contribution in [2.45, 2.75) is 45.6 Å². The summed E-state index contributed by atoms with van der Waals surface area (Å²) in [4.78, 5) is 12.7. The molecule has 2 heterocycles. The first-order chi connectivity index (χ1) is 10.0. The zero-order valence-corrected chi connectivity index (χ0v) is 12.5. The molecule has 3 rings (SSSR count). The number of anilines is 2. The van der Waals surface area contributed by atoms with Gasteiger partial charge in [0.05, 0.1) is 0 Å². The van der Waals surface area contributed by atoms with E-state index in [1.54, 1.807) is 17.1 Å². The second kappa shape index (κ2) is 5.31. The van der Waals surface area contributed by atoms with Crippen molar-refractivity contribution >= 4 is 11.9 Å². The Kier molecular flexibility index (Phi) is 3.48. The van der Waals surface area contributed by atoms with Gasteiger partial charge in [-0.05, 0) is 37.2 Å². The highest BCUT2D eigenvalue weighted by Crippen LogP contribution is 2.35. The maximum Gasteiger partial charge on any atom is 0.257 e. The van der Waals surface area contributed by atoms with Crippen LogP contribution in [-0.2, 0) is 0 Å². The monoisotopic (exact) mass is 287 g/mol. The summed E-state index contributed by atoms with van der Waals surface area (Å²) in [5.41, 5.74) is 6.21. The second-order valence-electron chi connectivity index (χ2n) is 6.35. The Bertz CT molecular complexity index is 596. The average molecular weight is 287 g/mol. The molecule has 1 aliphatic carbocycles. The third-order valence-electron chi connectivity index (χ3n) is 4.02. The molecular weight excluding hydrogens is 266 g/mol. The predicted octanol–water partition coefficient (Wildman–Crippen LogP) is 2.02. The highest BCUT2D eigenvalue weighted by atomic mass is 15.4. The molecule has 0 atom stereocenters. The normalized spacial score (nSPS) is 18.6. The molecule has 0 aliphatic heterocycles. The van der Waals surface area contributed by atoms with Crippen LogP contribution in [0.3, 0.4) is 0 Å². The molecule has 1 saturated carbocycles. The van der Waals surface area contributed by atoms with Crippen LogP contribution in [0.1, 0.15) is 39.5 Å². The van der Waals surface area contributed by atoms with Crippen molar-refractivity contribution in [2.24, 2.45) is 5.41 Å². The predicted molar refractivity (Wildman–Crippen MR) is 81.0 cm³/mol. The summed E-state index contributed by atoms with van der Waals surface area (Å²) in [6, 6.07) is 2.21. The van der Waals surface area contributed by atoms with E-state index in [1.807, 2.05) is 6.07 Å². The van der Waals surface area contributed by atoms with Gasteiger partial charge in [-0.25, -0.2) is 4.68 Å². The molecule has 0 bridgehead atoms. The van der Waals surface area contributed by atoms with Crippen LogP contribution in [0, 0.1) is 5.41 Å². The summed E-state index contributed by atoms with van der Waals surface area (Å²) in [7, 11) is 0. The number of hydrogen-bond donors (Lipinski definition) is 2. The number of nitrogens with zero attached hydrogens (tertiary/aromatic N) is 5. The molecule has 1 aliphatic rings. The Hall–Kier alpha value is -2.18. The second-order valence-corrected chi connectivity index (χ2v) is 6.35. The van der Waals surface area contributed by atoms with Crippen molar-refractivity contribution in [3.63, 3.8) is 0 Å². The summed E-state index contributed by atoms with van der Waals surface area (Å²) >= 11 is 0. The molecule has 1 fully saturated rings. The maximum atomic E-state index is 5.77. The summed E-state index contributed by atoms with van der Waals surface area (Å²) in [5.74, 6) is 1.16. The third-order valence-corrected chi connectivity index (χ3v) is 4.02. The van der Waals surface area contributed by atoms with Gasteiger partial charge in [-0.15, -0.1) is 0 Å². The van der Waals surface area contributed by atoms with Gasteiger partial charge >= 0.3 is 0 Å². The fourth-order valence-electron chi connectivity index (χ4n) is 2.66. The number of rotatable bonds is 3. The van der Waals surface area contributed by atoms with E-state index in [2.05, 4.69) is 39.2 Å². The molecular formula is C14H21N7. The third kappa shape index (κ3) is 3.29. The molecule has 2 aromatic heterocycles.